The van der Waals surface area contributed by atoms with Gasteiger partial charge in [-0.1, -0.05) is 38.1 Å². The first-order valence-corrected chi connectivity index (χ1v) is 8.40. The molecule has 0 bridgehead atoms. The molecule has 4 aromatic rings. The second kappa shape index (κ2) is 5.62. The van der Waals surface area contributed by atoms with Gasteiger partial charge in [0.2, 0.25) is 0 Å². The van der Waals surface area contributed by atoms with Crippen molar-refractivity contribution >= 4 is 21.8 Å². The van der Waals surface area contributed by atoms with Crippen molar-refractivity contribution in [3.8, 4) is 0 Å². The van der Waals surface area contributed by atoms with Crippen molar-refractivity contribution in [3.63, 3.8) is 0 Å². The molecule has 0 spiro atoms. The maximum Gasteiger partial charge on any atom is 0.0458 e. The molecule has 116 valence electrons. The van der Waals surface area contributed by atoms with E-state index in [1.165, 1.54) is 38.6 Å². The van der Waals surface area contributed by atoms with Gasteiger partial charge in [-0.2, -0.15) is 0 Å². The lowest BCUT2D eigenvalue weighted by molar-refractivity contribution is 0.747. The normalized spacial score (nSPS) is 13.0. The van der Waals surface area contributed by atoms with Gasteiger partial charge in [0.05, 0.1) is 0 Å². The van der Waals surface area contributed by atoms with Crippen LogP contribution in [0.2, 0.25) is 0 Å². The minimum absolute atomic E-state index is 0.487. The Labute approximate surface area is 136 Å². The fraction of sp³-hybridized carbons (Fsp3) is 0.238. The van der Waals surface area contributed by atoms with Crippen LogP contribution in [0.15, 0.2) is 54.7 Å². The Balaban J connectivity index is 1.61. The molecule has 0 aliphatic rings. The van der Waals surface area contributed by atoms with E-state index < -0.39 is 0 Å². The number of hydrogen-bond acceptors (Lipinski definition) is 0. The summed E-state index contributed by atoms with van der Waals surface area (Å²) in [6, 6.07) is 17.9. The van der Waals surface area contributed by atoms with Crippen LogP contribution in [0.25, 0.3) is 21.8 Å². The molecule has 23 heavy (non-hydrogen) atoms. The molecule has 2 N–H and O–H groups in total. The third-order valence-electron chi connectivity index (χ3n) is 4.83. The smallest absolute Gasteiger partial charge is 0.0458 e. The molecule has 1 unspecified atom stereocenters. The van der Waals surface area contributed by atoms with E-state index in [0.717, 1.165) is 12.8 Å². The van der Waals surface area contributed by atoms with Gasteiger partial charge < -0.3 is 9.97 Å². The van der Waals surface area contributed by atoms with Gasteiger partial charge in [0.15, 0.2) is 0 Å². The molecule has 0 saturated heterocycles. The predicted molar refractivity (Wildman–Crippen MR) is 98.1 cm³/mol. The highest BCUT2D eigenvalue weighted by molar-refractivity contribution is 5.81. The third-order valence-corrected chi connectivity index (χ3v) is 4.83. The summed E-state index contributed by atoms with van der Waals surface area (Å²) >= 11 is 0. The zero-order chi connectivity index (χ0) is 15.8. The molecule has 0 fully saturated rings. The van der Waals surface area contributed by atoms with Crippen LogP contribution in [0.4, 0.5) is 0 Å². The van der Waals surface area contributed by atoms with Gasteiger partial charge in [0.1, 0.15) is 0 Å². The fourth-order valence-electron chi connectivity index (χ4n) is 3.38. The third kappa shape index (κ3) is 2.65. The van der Waals surface area contributed by atoms with Crippen molar-refractivity contribution in [1.29, 1.82) is 0 Å². The molecule has 0 aliphatic carbocycles. The standard InChI is InChI=1S/C21H22N2/c1-3-15-4-5-18-12-19(23-21(18)11-15)10-14(2)17-7-6-16-8-9-22-20(16)13-17/h4-9,11-14,22-23H,3,10H2,1-2H3. The number of rotatable bonds is 4. The molecule has 4 rings (SSSR count). The van der Waals surface area contributed by atoms with Crippen LogP contribution in [-0.2, 0) is 12.8 Å². The van der Waals surface area contributed by atoms with Gasteiger partial charge in [-0.25, -0.2) is 0 Å². The van der Waals surface area contributed by atoms with Crippen molar-refractivity contribution in [3.05, 3.63) is 71.5 Å². The Hall–Kier alpha value is -2.48. The fourth-order valence-corrected chi connectivity index (χ4v) is 3.38. The SMILES string of the molecule is CCc1ccc2cc(CC(C)c3ccc4cc[nH]c4c3)[nH]c2c1. The van der Waals surface area contributed by atoms with Crippen LogP contribution in [0.3, 0.4) is 0 Å². The maximum absolute atomic E-state index is 3.60. The van der Waals surface area contributed by atoms with Crippen LogP contribution in [0.5, 0.6) is 0 Å². The molecule has 0 saturated carbocycles. The van der Waals surface area contributed by atoms with Gasteiger partial charge >= 0.3 is 0 Å². The first-order valence-electron chi connectivity index (χ1n) is 8.40. The van der Waals surface area contributed by atoms with Crippen LogP contribution in [0.1, 0.15) is 36.6 Å². The first kappa shape index (κ1) is 14.1. The van der Waals surface area contributed by atoms with E-state index in [1.807, 2.05) is 6.20 Å². The number of aromatic nitrogens is 2. The molecule has 0 aliphatic heterocycles. The average Bonchev–Trinajstić information content (AvgIpc) is 3.18. The number of nitrogens with one attached hydrogen (secondary N) is 2. The molecular weight excluding hydrogens is 280 g/mol. The summed E-state index contributed by atoms with van der Waals surface area (Å²) in [5.74, 6) is 0.487. The van der Waals surface area contributed by atoms with Crippen molar-refractivity contribution in [2.24, 2.45) is 0 Å². The lowest BCUT2D eigenvalue weighted by Crippen LogP contribution is -1.98. The van der Waals surface area contributed by atoms with Crippen molar-refractivity contribution in [1.82, 2.24) is 9.97 Å². The summed E-state index contributed by atoms with van der Waals surface area (Å²) in [4.78, 5) is 6.90. The highest BCUT2D eigenvalue weighted by atomic mass is 14.7. The van der Waals surface area contributed by atoms with Gasteiger partial charge in [0.25, 0.3) is 0 Å². The van der Waals surface area contributed by atoms with E-state index in [1.54, 1.807) is 0 Å². The number of aryl methyl sites for hydroxylation is 1. The van der Waals surface area contributed by atoms with E-state index in [2.05, 4.69) is 72.3 Å². The Kier molecular flexibility index (Phi) is 3.45. The molecule has 2 heterocycles. The zero-order valence-electron chi connectivity index (χ0n) is 13.7. The summed E-state index contributed by atoms with van der Waals surface area (Å²) in [6.07, 6.45) is 4.11. The van der Waals surface area contributed by atoms with E-state index in [9.17, 15) is 0 Å². The Bertz CT molecular complexity index is 958. The molecule has 2 heteroatoms. The molecule has 2 nitrogen and oxygen atoms in total. The second-order valence-corrected chi connectivity index (χ2v) is 6.50. The highest BCUT2D eigenvalue weighted by Crippen LogP contribution is 2.26. The summed E-state index contributed by atoms with van der Waals surface area (Å²) in [7, 11) is 0. The van der Waals surface area contributed by atoms with Gasteiger partial charge in [0, 0.05) is 22.9 Å². The van der Waals surface area contributed by atoms with Crippen LogP contribution < -0.4 is 0 Å². The molecule has 1 atom stereocenters. The van der Waals surface area contributed by atoms with Gasteiger partial charge in [-0.3, -0.25) is 0 Å². The summed E-state index contributed by atoms with van der Waals surface area (Å²) < 4.78 is 0. The van der Waals surface area contributed by atoms with Crippen molar-refractivity contribution < 1.29 is 0 Å². The second-order valence-electron chi connectivity index (χ2n) is 6.50. The molecule has 2 aromatic heterocycles. The topological polar surface area (TPSA) is 31.6 Å². The Morgan fingerprint density at radius 3 is 2.65 bits per heavy atom. The van der Waals surface area contributed by atoms with E-state index >= 15 is 0 Å². The van der Waals surface area contributed by atoms with Gasteiger partial charge in [-0.15, -0.1) is 0 Å². The summed E-state index contributed by atoms with van der Waals surface area (Å²) in [5.41, 5.74) is 6.56. The lowest BCUT2D eigenvalue weighted by Gasteiger charge is -2.11. The number of benzene rings is 2. The average molecular weight is 302 g/mol. The van der Waals surface area contributed by atoms with Crippen molar-refractivity contribution in [2.75, 3.05) is 0 Å². The zero-order valence-corrected chi connectivity index (χ0v) is 13.7. The Morgan fingerprint density at radius 1 is 0.913 bits per heavy atom. The van der Waals surface area contributed by atoms with Crippen LogP contribution in [0, 0.1) is 0 Å². The number of hydrogen-bond donors (Lipinski definition) is 2. The molecular formula is C21H22N2. The lowest BCUT2D eigenvalue weighted by atomic mass is 9.95. The quantitative estimate of drug-likeness (QED) is 0.495. The van der Waals surface area contributed by atoms with Gasteiger partial charge in [-0.05, 0) is 64.9 Å². The van der Waals surface area contributed by atoms with E-state index in [-0.39, 0.29) is 0 Å². The van der Waals surface area contributed by atoms with Crippen molar-refractivity contribution in [2.45, 2.75) is 32.6 Å². The molecule has 2 aromatic carbocycles. The first-order chi connectivity index (χ1) is 11.2. The monoisotopic (exact) mass is 302 g/mol. The molecule has 0 radical (unpaired) electrons. The highest BCUT2D eigenvalue weighted by Gasteiger charge is 2.10. The maximum atomic E-state index is 3.60. The number of H-pyrrole nitrogens is 2. The largest absolute Gasteiger partial charge is 0.361 e. The summed E-state index contributed by atoms with van der Waals surface area (Å²) in [5, 5.41) is 2.59. The van der Waals surface area contributed by atoms with E-state index in [0.29, 0.717) is 5.92 Å². The van der Waals surface area contributed by atoms with Crippen LogP contribution in [-0.4, -0.2) is 9.97 Å². The van der Waals surface area contributed by atoms with Crippen LogP contribution >= 0.6 is 0 Å². The molecule has 0 amide bonds. The summed E-state index contributed by atoms with van der Waals surface area (Å²) in [6.45, 7) is 4.50. The minimum Gasteiger partial charge on any atom is -0.361 e. The number of fused-ring (bicyclic) bond motifs is 2. The van der Waals surface area contributed by atoms with E-state index in [4.69, 9.17) is 0 Å². The number of aromatic amines is 2. The predicted octanol–water partition coefficient (Wildman–Crippen LogP) is 5.56. The Morgan fingerprint density at radius 2 is 1.78 bits per heavy atom. The minimum atomic E-state index is 0.487.